The van der Waals surface area contributed by atoms with Crippen LogP contribution in [-0.2, 0) is 22.9 Å². The summed E-state index contributed by atoms with van der Waals surface area (Å²) in [6.45, 7) is 0. The first-order valence-corrected chi connectivity index (χ1v) is 8.45. The molecule has 0 aliphatic heterocycles. The Morgan fingerprint density at radius 1 is 1.15 bits per heavy atom. The predicted molar refractivity (Wildman–Crippen MR) is 92.1 cm³/mol. The topological polar surface area (TPSA) is 62.5 Å². The molecule has 0 spiro atoms. The predicted octanol–water partition coefficient (Wildman–Crippen LogP) is 4.51. The average molecular weight is 375 g/mol. The molecule has 1 amide bonds. The molecule has 1 aromatic heterocycles. The number of halogens is 3. The fourth-order valence-electron chi connectivity index (χ4n) is 3.28. The van der Waals surface area contributed by atoms with Crippen molar-refractivity contribution in [3.8, 4) is 5.75 Å². The maximum atomic E-state index is 12.7. The highest BCUT2D eigenvalue weighted by Crippen LogP contribution is 2.46. The Morgan fingerprint density at radius 2 is 1.85 bits per heavy atom. The second kappa shape index (κ2) is 6.04. The van der Waals surface area contributed by atoms with Gasteiger partial charge >= 0.3 is 6.18 Å². The van der Waals surface area contributed by atoms with Gasteiger partial charge < -0.3 is 14.8 Å². The number of phenolic OH excluding ortho intramolecular Hbond substituents is 1. The summed E-state index contributed by atoms with van der Waals surface area (Å²) in [5.74, 6) is -0.157. The highest BCUT2D eigenvalue weighted by molar-refractivity contribution is 5.88. The summed E-state index contributed by atoms with van der Waals surface area (Å²) >= 11 is 0. The minimum atomic E-state index is -4.38. The van der Waals surface area contributed by atoms with Gasteiger partial charge in [0.2, 0.25) is 5.91 Å². The molecule has 27 heavy (non-hydrogen) atoms. The number of fused-ring (bicyclic) bond motifs is 1. The van der Waals surface area contributed by atoms with Crippen molar-refractivity contribution >= 4 is 16.9 Å². The van der Waals surface area contributed by atoms with Gasteiger partial charge in [-0.2, -0.15) is 13.2 Å². The van der Waals surface area contributed by atoms with Crippen LogP contribution in [0.2, 0.25) is 0 Å². The normalized spacial score (nSPS) is 15.7. The second-order valence-corrected chi connectivity index (χ2v) is 6.82. The first-order chi connectivity index (χ1) is 12.8. The van der Waals surface area contributed by atoms with Gasteiger partial charge in [0.05, 0.1) is 23.8 Å². The minimum absolute atomic E-state index is 0.0760. The molecule has 3 aromatic rings. The van der Waals surface area contributed by atoms with Crippen LogP contribution in [0, 0.1) is 0 Å². The monoisotopic (exact) mass is 375 g/mol. The fourth-order valence-corrected chi connectivity index (χ4v) is 3.28. The molecule has 1 aliphatic rings. The zero-order chi connectivity index (χ0) is 19.2. The van der Waals surface area contributed by atoms with Crippen LogP contribution in [-0.4, -0.2) is 11.0 Å². The number of alkyl halides is 3. The Balaban J connectivity index is 1.49. The number of hydrogen-bond donors (Lipinski definition) is 2. The SMILES string of the molecule is O=C(Cc1coc2cc(O)ccc12)NC1(c2ccc(C(F)(F)F)cc2)CC1. The number of hydrogen-bond acceptors (Lipinski definition) is 3. The van der Waals surface area contributed by atoms with E-state index in [1.54, 1.807) is 6.07 Å². The number of carbonyl (C=O) groups excluding carboxylic acids is 1. The molecule has 2 N–H and O–H groups in total. The quantitative estimate of drug-likeness (QED) is 0.706. The van der Waals surface area contributed by atoms with Crippen molar-refractivity contribution in [3.63, 3.8) is 0 Å². The van der Waals surface area contributed by atoms with Gasteiger partial charge in [0, 0.05) is 17.0 Å². The lowest BCUT2D eigenvalue weighted by Crippen LogP contribution is -2.35. The Bertz CT molecular complexity index is 1000. The number of rotatable bonds is 4. The Labute approximate surface area is 152 Å². The summed E-state index contributed by atoms with van der Waals surface area (Å²) < 4.78 is 43.5. The van der Waals surface area contributed by atoms with E-state index in [1.165, 1.54) is 30.5 Å². The molecular formula is C20H16F3NO3. The number of phenols is 1. The number of amides is 1. The molecule has 4 rings (SSSR count). The molecule has 7 heteroatoms. The van der Waals surface area contributed by atoms with Crippen LogP contribution in [0.3, 0.4) is 0 Å². The van der Waals surface area contributed by atoms with Crippen molar-refractivity contribution in [1.29, 1.82) is 0 Å². The molecule has 1 heterocycles. The van der Waals surface area contributed by atoms with Crippen LogP contribution in [0.1, 0.15) is 29.5 Å². The summed E-state index contributed by atoms with van der Waals surface area (Å²) in [6, 6.07) is 9.60. The highest BCUT2D eigenvalue weighted by atomic mass is 19.4. The standard InChI is InChI=1S/C20H16F3NO3/c21-20(22,23)14-3-1-13(2-4-14)19(7-8-19)24-18(26)9-12-11-27-17-10-15(25)5-6-16(12)17/h1-6,10-11,25H,7-9H2,(H,24,26). The maximum Gasteiger partial charge on any atom is 0.416 e. The number of aromatic hydroxyl groups is 1. The molecule has 1 saturated carbocycles. The summed E-state index contributed by atoms with van der Waals surface area (Å²) in [6.07, 6.45) is -1.45. The van der Waals surface area contributed by atoms with E-state index in [0.29, 0.717) is 29.6 Å². The van der Waals surface area contributed by atoms with Gasteiger partial charge in [-0.05, 0) is 42.7 Å². The van der Waals surface area contributed by atoms with E-state index in [2.05, 4.69) is 5.32 Å². The van der Waals surface area contributed by atoms with Crippen LogP contribution in [0.15, 0.2) is 53.1 Å². The van der Waals surface area contributed by atoms with Crippen molar-refractivity contribution in [3.05, 3.63) is 65.4 Å². The lowest BCUT2D eigenvalue weighted by Gasteiger charge is -2.18. The van der Waals surface area contributed by atoms with E-state index >= 15 is 0 Å². The Morgan fingerprint density at radius 3 is 2.48 bits per heavy atom. The first kappa shape index (κ1) is 17.5. The lowest BCUT2D eigenvalue weighted by atomic mass is 10.0. The fraction of sp³-hybridized carbons (Fsp3) is 0.250. The maximum absolute atomic E-state index is 12.7. The number of benzene rings is 2. The smallest absolute Gasteiger partial charge is 0.416 e. The second-order valence-electron chi connectivity index (χ2n) is 6.82. The summed E-state index contributed by atoms with van der Waals surface area (Å²) in [5, 5.41) is 13.2. The molecular weight excluding hydrogens is 359 g/mol. The summed E-state index contributed by atoms with van der Waals surface area (Å²) in [5.41, 5.74) is 0.540. The lowest BCUT2D eigenvalue weighted by molar-refractivity contribution is -0.137. The Kier molecular flexibility index (Phi) is 3.91. The van der Waals surface area contributed by atoms with Crippen LogP contribution in [0.25, 0.3) is 11.0 Å². The zero-order valence-electron chi connectivity index (χ0n) is 14.1. The van der Waals surface area contributed by atoms with E-state index in [0.717, 1.165) is 17.5 Å². The van der Waals surface area contributed by atoms with Crippen molar-refractivity contribution in [1.82, 2.24) is 5.32 Å². The number of furan rings is 1. The molecule has 0 atom stereocenters. The zero-order valence-corrected chi connectivity index (χ0v) is 14.1. The first-order valence-electron chi connectivity index (χ1n) is 8.45. The number of nitrogens with one attached hydrogen (secondary N) is 1. The van der Waals surface area contributed by atoms with Crippen molar-refractivity contribution in [2.24, 2.45) is 0 Å². The van der Waals surface area contributed by atoms with Crippen molar-refractivity contribution in [2.45, 2.75) is 31.0 Å². The van der Waals surface area contributed by atoms with Gasteiger partial charge in [-0.15, -0.1) is 0 Å². The van der Waals surface area contributed by atoms with Gasteiger partial charge in [-0.1, -0.05) is 12.1 Å². The third-order valence-corrected chi connectivity index (χ3v) is 4.88. The van der Waals surface area contributed by atoms with E-state index in [4.69, 9.17) is 4.42 Å². The van der Waals surface area contributed by atoms with Crippen LogP contribution < -0.4 is 5.32 Å². The molecule has 4 nitrogen and oxygen atoms in total. The molecule has 140 valence electrons. The van der Waals surface area contributed by atoms with E-state index in [9.17, 15) is 23.1 Å². The van der Waals surface area contributed by atoms with Crippen LogP contribution in [0.4, 0.5) is 13.2 Å². The van der Waals surface area contributed by atoms with Crippen LogP contribution >= 0.6 is 0 Å². The highest BCUT2D eigenvalue weighted by Gasteiger charge is 2.46. The van der Waals surface area contributed by atoms with Gasteiger partial charge in [-0.25, -0.2) is 0 Å². The van der Waals surface area contributed by atoms with Gasteiger partial charge in [-0.3, -0.25) is 4.79 Å². The molecule has 2 aromatic carbocycles. The molecule has 1 fully saturated rings. The molecule has 0 bridgehead atoms. The van der Waals surface area contributed by atoms with Gasteiger partial charge in [0.1, 0.15) is 11.3 Å². The third-order valence-electron chi connectivity index (χ3n) is 4.88. The van der Waals surface area contributed by atoms with E-state index in [1.807, 2.05) is 0 Å². The number of carbonyl (C=O) groups is 1. The van der Waals surface area contributed by atoms with Crippen molar-refractivity contribution < 1.29 is 27.5 Å². The molecule has 0 saturated heterocycles. The van der Waals surface area contributed by atoms with Gasteiger partial charge in [0.25, 0.3) is 0 Å². The molecule has 0 unspecified atom stereocenters. The Hall–Kier alpha value is -2.96. The van der Waals surface area contributed by atoms with E-state index in [-0.39, 0.29) is 18.1 Å². The third kappa shape index (κ3) is 3.37. The van der Waals surface area contributed by atoms with Crippen LogP contribution in [0.5, 0.6) is 5.75 Å². The summed E-state index contributed by atoms with van der Waals surface area (Å²) in [4.78, 5) is 12.5. The van der Waals surface area contributed by atoms with Gasteiger partial charge in [0.15, 0.2) is 0 Å². The minimum Gasteiger partial charge on any atom is -0.508 e. The largest absolute Gasteiger partial charge is 0.508 e. The summed E-state index contributed by atoms with van der Waals surface area (Å²) in [7, 11) is 0. The van der Waals surface area contributed by atoms with Crippen molar-refractivity contribution in [2.75, 3.05) is 0 Å². The molecule has 1 aliphatic carbocycles. The average Bonchev–Trinajstić information content (AvgIpc) is 3.29. The van der Waals surface area contributed by atoms with E-state index < -0.39 is 17.3 Å². The molecule has 0 radical (unpaired) electrons.